The first-order valence-corrected chi connectivity index (χ1v) is 6.34. The molecule has 1 aromatic carbocycles. The first-order chi connectivity index (χ1) is 9.20. The Bertz CT molecular complexity index is 504. The highest BCUT2D eigenvalue weighted by Crippen LogP contribution is 2.22. The van der Waals surface area contributed by atoms with E-state index in [0.29, 0.717) is 11.6 Å². The third kappa shape index (κ3) is 3.42. The molecule has 0 saturated carbocycles. The summed E-state index contributed by atoms with van der Waals surface area (Å²) in [6.45, 7) is 2.91. The quantitative estimate of drug-likeness (QED) is 0.623. The molecule has 0 spiro atoms. The fraction of sp³-hybridized carbons (Fsp3) is 0.462. The molecule has 6 nitrogen and oxygen atoms in total. The van der Waals surface area contributed by atoms with Crippen LogP contribution in [0.4, 0.5) is 11.4 Å². The molecule has 100 valence electrons. The van der Waals surface area contributed by atoms with Crippen LogP contribution in [0.5, 0.6) is 0 Å². The van der Waals surface area contributed by atoms with E-state index in [1.54, 1.807) is 6.07 Å². The molecular formula is C13H16N4O2. The van der Waals surface area contributed by atoms with Crippen LogP contribution in [0.1, 0.15) is 18.4 Å². The predicted molar refractivity (Wildman–Crippen MR) is 71.9 cm³/mol. The number of hydrogen-bond donors (Lipinski definition) is 2. The third-order valence-electron chi connectivity index (χ3n) is 3.36. The van der Waals surface area contributed by atoms with E-state index in [2.05, 4.69) is 10.6 Å². The predicted octanol–water partition coefficient (Wildman–Crippen LogP) is 1.88. The summed E-state index contributed by atoms with van der Waals surface area (Å²) in [6.07, 6.45) is 2.23. The lowest BCUT2D eigenvalue weighted by atomic mass is 10.1. The second-order valence-electron chi connectivity index (χ2n) is 4.68. The minimum atomic E-state index is -0.523. The molecule has 19 heavy (non-hydrogen) atoms. The van der Waals surface area contributed by atoms with Crippen molar-refractivity contribution in [3.63, 3.8) is 0 Å². The van der Waals surface area contributed by atoms with Crippen molar-refractivity contribution in [2.24, 2.45) is 5.92 Å². The molecule has 1 atom stereocenters. The van der Waals surface area contributed by atoms with Crippen LogP contribution in [-0.2, 0) is 0 Å². The van der Waals surface area contributed by atoms with Gasteiger partial charge in [0.1, 0.15) is 11.6 Å². The van der Waals surface area contributed by atoms with E-state index in [9.17, 15) is 10.1 Å². The van der Waals surface area contributed by atoms with Crippen LogP contribution >= 0.6 is 0 Å². The van der Waals surface area contributed by atoms with Gasteiger partial charge in [-0.05, 0) is 44.0 Å². The van der Waals surface area contributed by atoms with Crippen molar-refractivity contribution in [2.75, 3.05) is 25.0 Å². The average Bonchev–Trinajstić information content (AvgIpc) is 2.91. The smallest absolute Gasteiger partial charge is 0.289 e. The monoisotopic (exact) mass is 260 g/mol. The Morgan fingerprint density at radius 1 is 1.58 bits per heavy atom. The standard InChI is InChI=1S/C13H16N4O2/c14-8-11-1-2-12(7-13(11)17(18)19)16-6-4-10-3-5-15-9-10/h1-2,7,10,15-16H,3-6,9H2. The summed E-state index contributed by atoms with van der Waals surface area (Å²) in [5.74, 6) is 0.681. The van der Waals surface area contributed by atoms with Crippen molar-refractivity contribution >= 4 is 11.4 Å². The molecule has 1 aliphatic heterocycles. The van der Waals surface area contributed by atoms with Gasteiger partial charge in [0, 0.05) is 18.3 Å². The van der Waals surface area contributed by atoms with Gasteiger partial charge in [-0.1, -0.05) is 0 Å². The van der Waals surface area contributed by atoms with Gasteiger partial charge in [-0.15, -0.1) is 0 Å². The van der Waals surface area contributed by atoms with Gasteiger partial charge in [0.15, 0.2) is 0 Å². The molecule has 0 radical (unpaired) electrons. The summed E-state index contributed by atoms with van der Waals surface area (Å²) in [5.41, 5.74) is 0.641. The van der Waals surface area contributed by atoms with Gasteiger partial charge in [-0.2, -0.15) is 5.26 Å². The van der Waals surface area contributed by atoms with Gasteiger partial charge in [-0.25, -0.2) is 0 Å². The van der Waals surface area contributed by atoms with Crippen LogP contribution in [0.3, 0.4) is 0 Å². The summed E-state index contributed by atoms with van der Waals surface area (Å²) >= 11 is 0. The molecule has 1 heterocycles. The van der Waals surface area contributed by atoms with Crippen LogP contribution in [-0.4, -0.2) is 24.6 Å². The van der Waals surface area contributed by atoms with E-state index < -0.39 is 4.92 Å². The molecule has 1 aromatic rings. The number of nitro groups is 1. The van der Waals surface area contributed by atoms with Gasteiger partial charge in [0.05, 0.1) is 4.92 Å². The summed E-state index contributed by atoms with van der Waals surface area (Å²) in [5, 5.41) is 26.1. The molecule has 2 N–H and O–H groups in total. The highest BCUT2D eigenvalue weighted by Gasteiger charge is 2.15. The summed E-state index contributed by atoms with van der Waals surface area (Å²) in [4.78, 5) is 10.3. The Kier molecular flexibility index (Phi) is 4.31. The van der Waals surface area contributed by atoms with E-state index in [4.69, 9.17) is 5.26 Å². The second kappa shape index (κ2) is 6.16. The molecule has 1 fully saturated rings. The van der Waals surface area contributed by atoms with Crippen LogP contribution in [0.25, 0.3) is 0 Å². The SMILES string of the molecule is N#Cc1ccc(NCCC2CCNC2)cc1[N+](=O)[O-]. The first-order valence-electron chi connectivity index (χ1n) is 6.34. The van der Waals surface area contributed by atoms with E-state index in [-0.39, 0.29) is 11.3 Å². The maximum absolute atomic E-state index is 10.8. The summed E-state index contributed by atoms with van der Waals surface area (Å²) < 4.78 is 0. The van der Waals surface area contributed by atoms with Crippen molar-refractivity contribution in [2.45, 2.75) is 12.8 Å². The van der Waals surface area contributed by atoms with Crippen molar-refractivity contribution in [1.82, 2.24) is 5.32 Å². The minimum absolute atomic E-state index is 0.0931. The lowest BCUT2D eigenvalue weighted by Crippen LogP contribution is -2.12. The van der Waals surface area contributed by atoms with Gasteiger partial charge in [-0.3, -0.25) is 10.1 Å². The average molecular weight is 260 g/mol. The highest BCUT2D eigenvalue weighted by atomic mass is 16.6. The molecule has 1 aliphatic rings. The number of hydrogen-bond acceptors (Lipinski definition) is 5. The molecule has 0 bridgehead atoms. The van der Waals surface area contributed by atoms with Crippen molar-refractivity contribution in [3.8, 4) is 6.07 Å². The molecule has 1 unspecified atom stereocenters. The van der Waals surface area contributed by atoms with E-state index in [0.717, 1.165) is 26.1 Å². The van der Waals surface area contributed by atoms with Gasteiger partial charge in [0.2, 0.25) is 0 Å². The topological polar surface area (TPSA) is 91.0 Å². The molecule has 1 saturated heterocycles. The molecule has 0 aromatic heterocycles. The van der Waals surface area contributed by atoms with Gasteiger partial charge in [0.25, 0.3) is 5.69 Å². The lowest BCUT2D eigenvalue weighted by molar-refractivity contribution is -0.385. The van der Waals surface area contributed by atoms with E-state index in [1.807, 2.05) is 6.07 Å². The second-order valence-corrected chi connectivity index (χ2v) is 4.68. The zero-order valence-corrected chi connectivity index (χ0v) is 10.6. The largest absolute Gasteiger partial charge is 0.385 e. The van der Waals surface area contributed by atoms with Crippen LogP contribution in [0.15, 0.2) is 18.2 Å². The Morgan fingerprint density at radius 3 is 3.05 bits per heavy atom. The van der Waals surface area contributed by atoms with Gasteiger partial charge < -0.3 is 10.6 Å². The van der Waals surface area contributed by atoms with Gasteiger partial charge >= 0.3 is 0 Å². The maximum Gasteiger partial charge on any atom is 0.289 e. The first kappa shape index (κ1) is 13.3. The molecule has 0 amide bonds. The lowest BCUT2D eigenvalue weighted by Gasteiger charge is -2.10. The number of nitro benzene ring substituents is 1. The van der Waals surface area contributed by atoms with Crippen LogP contribution in [0.2, 0.25) is 0 Å². The van der Waals surface area contributed by atoms with Crippen LogP contribution in [0, 0.1) is 27.4 Å². The highest BCUT2D eigenvalue weighted by molar-refractivity contribution is 5.59. The Hall–Kier alpha value is -2.13. The van der Waals surface area contributed by atoms with E-state index in [1.165, 1.54) is 18.6 Å². The summed E-state index contributed by atoms with van der Waals surface area (Å²) in [7, 11) is 0. The Morgan fingerprint density at radius 2 is 2.42 bits per heavy atom. The number of nitrogens with one attached hydrogen (secondary N) is 2. The fourth-order valence-electron chi connectivity index (χ4n) is 2.27. The number of benzene rings is 1. The maximum atomic E-state index is 10.8. The molecule has 6 heteroatoms. The minimum Gasteiger partial charge on any atom is -0.385 e. The zero-order chi connectivity index (χ0) is 13.7. The normalized spacial score (nSPS) is 17.9. The van der Waals surface area contributed by atoms with Crippen molar-refractivity contribution < 1.29 is 4.92 Å². The van der Waals surface area contributed by atoms with Crippen molar-refractivity contribution in [1.29, 1.82) is 5.26 Å². The Labute approximate surface area is 111 Å². The molecule has 0 aliphatic carbocycles. The fourth-order valence-corrected chi connectivity index (χ4v) is 2.27. The third-order valence-corrected chi connectivity index (χ3v) is 3.36. The number of nitrogens with zero attached hydrogens (tertiary/aromatic N) is 2. The van der Waals surface area contributed by atoms with Crippen LogP contribution < -0.4 is 10.6 Å². The number of nitriles is 1. The molecular weight excluding hydrogens is 244 g/mol. The number of rotatable bonds is 5. The van der Waals surface area contributed by atoms with Crippen molar-refractivity contribution in [3.05, 3.63) is 33.9 Å². The summed E-state index contributed by atoms with van der Waals surface area (Å²) in [6, 6.07) is 6.44. The molecule has 2 rings (SSSR count). The number of anilines is 1. The Balaban J connectivity index is 1.95. The zero-order valence-electron chi connectivity index (χ0n) is 10.6. The van der Waals surface area contributed by atoms with E-state index >= 15 is 0 Å².